The zero-order chi connectivity index (χ0) is 32.3. The molecule has 0 saturated heterocycles. The Balaban J connectivity index is 1.68. The lowest BCUT2D eigenvalue weighted by Crippen LogP contribution is -2.32. The van der Waals surface area contributed by atoms with Gasteiger partial charge in [0.2, 0.25) is 0 Å². The van der Waals surface area contributed by atoms with Crippen LogP contribution in [0.2, 0.25) is 0 Å². The highest BCUT2D eigenvalue weighted by molar-refractivity contribution is 5.41. The molecular weight excluding hydrogens is 534 g/mol. The smallest absolute Gasteiger partial charge is 0.0667 e. The highest BCUT2D eigenvalue weighted by atomic mass is 16.3. The van der Waals surface area contributed by atoms with Crippen molar-refractivity contribution in [3.8, 4) is 0 Å². The van der Waals surface area contributed by atoms with Crippen molar-refractivity contribution in [1.82, 2.24) is 4.90 Å². The Hall–Kier alpha value is -3.10. The number of β-amino-alcohol motifs (C(OH)–C–C–N with tert-alkyl or cyclic N) is 1. The number of nitrogens with zero attached hydrogens (tertiary/aromatic N) is 1. The van der Waals surface area contributed by atoms with E-state index in [1.165, 1.54) is 83.1 Å². The molecule has 2 heteroatoms. The normalized spacial score (nSPS) is 23.8. The van der Waals surface area contributed by atoms with Crippen LogP contribution in [0.4, 0.5) is 0 Å². The van der Waals surface area contributed by atoms with E-state index in [9.17, 15) is 5.11 Å². The maximum Gasteiger partial charge on any atom is 0.0667 e. The quantitative estimate of drug-likeness (QED) is 0.241. The van der Waals surface area contributed by atoms with E-state index < -0.39 is 0 Å². The second-order valence-corrected chi connectivity index (χ2v) is 14.4. The van der Waals surface area contributed by atoms with Crippen molar-refractivity contribution < 1.29 is 5.11 Å². The lowest BCUT2D eigenvalue weighted by atomic mass is 9.72. The third-order valence-corrected chi connectivity index (χ3v) is 9.47. The molecule has 0 fully saturated rings. The summed E-state index contributed by atoms with van der Waals surface area (Å²) in [6, 6.07) is 0.0956. The molecule has 44 heavy (non-hydrogen) atoms. The first-order valence-electron chi connectivity index (χ1n) is 16.7. The van der Waals surface area contributed by atoms with Crippen LogP contribution in [0, 0.1) is 10.8 Å². The minimum absolute atomic E-state index is 0.0956. The van der Waals surface area contributed by atoms with E-state index in [4.69, 9.17) is 0 Å². The summed E-state index contributed by atoms with van der Waals surface area (Å²) in [5.41, 5.74) is 11.5. The van der Waals surface area contributed by atoms with Crippen molar-refractivity contribution in [2.24, 2.45) is 10.8 Å². The van der Waals surface area contributed by atoms with Crippen molar-refractivity contribution in [1.29, 1.82) is 0 Å². The molecule has 0 amide bonds. The van der Waals surface area contributed by atoms with Crippen LogP contribution in [-0.2, 0) is 0 Å². The Kier molecular flexibility index (Phi) is 13.1. The minimum Gasteiger partial charge on any atom is -0.395 e. The van der Waals surface area contributed by atoms with Gasteiger partial charge >= 0.3 is 0 Å². The molecule has 0 aromatic rings. The van der Waals surface area contributed by atoms with Crippen molar-refractivity contribution >= 4 is 0 Å². The Morgan fingerprint density at radius 2 is 1.34 bits per heavy atom. The van der Waals surface area contributed by atoms with Gasteiger partial charge < -0.3 is 10.0 Å². The third kappa shape index (κ3) is 10.5. The molecule has 1 N–H and O–H groups in total. The number of aliphatic hydroxyl groups excluding tert-OH is 1. The Labute approximate surface area is 270 Å². The molecule has 1 aliphatic heterocycles. The van der Waals surface area contributed by atoms with E-state index in [-0.39, 0.29) is 23.5 Å². The molecule has 238 valence electrons. The predicted molar refractivity (Wildman–Crippen MR) is 193 cm³/mol. The van der Waals surface area contributed by atoms with Crippen molar-refractivity contribution in [3.63, 3.8) is 0 Å². The van der Waals surface area contributed by atoms with E-state index in [0.29, 0.717) is 6.54 Å². The van der Waals surface area contributed by atoms with Gasteiger partial charge in [0.05, 0.1) is 12.6 Å². The van der Waals surface area contributed by atoms with Crippen LogP contribution < -0.4 is 0 Å². The largest absolute Gasteiger partial charge is 0.395 e. The Morgan fingerprint density at radius 1 is 0.795 bits per heavy atom. The molecule has 0 aromatic carbocycles. The summed E-state index contributed by atoms with van der Waals surface area (Å²) in [5.74, 6) is 0. The summed E-state index contributed by atoms with van der Waals surface area (Å²) in [4.78, 5) is 2.19. The maximum atomic E-state index is 9.65. The number of hydrogen-bond donors (Lipinski definition) is 1. The van der Waals surface area contributed by atoms with E-state index in [0.717, 1.165) is 0 Å². The first-order chi connectivity index (χ1) is 20.8. The first kappa shape index (κ1) is 35.4. The average molecular weight is 594 g/mol. The molecule has 3 rings (SSSR count). The van der Waals surface area contributed by atoms with Crippen LogP contribution in [-0.4, -0.2) is 29.2 Å². The number of aliphatic hydroxyl groups is 1. The molecule has 1 unspecified atom stereocenters. The molecule has 1 heterocycles. The number of rotatable bonds is 11. The standard InChI is InChI=1S/C42H59NO/c1-32(20-22-39-35(4)17-12-25-41(39,6)7)14-10-16-34(3)30-38-31-37(24-27-43(38)28-29-44)19-11-15-33(2)21-23-40-36(5)18-13-26-42(40,8)9/h10-11,14-16,19-24,27,30-31,38,44H,12-13,17-18,25-26,28-29H2,1-9H3/b16-10+,19-11+,22-20+,23-21+,32-14+,33-15+,34-30+. The van der Waals surface area contributed by atoms with Crippen molar-refractivity contribution in [2.45, 2.75) is 107 Å². The Bertz CT molecular complexity index is 1360. The van der Waals surface area contributed by atoms with Crippen LogP contribution in [0.5, 0.6) is 0 Å². The molecule has 0 saturated carbocycles. The van der Waals surface area contributed by atoms with Gasteiger partial charge in [-0.05, 0) is 107 Å². The topological polar surface area (TPSA) is 23.5 Å². The molecule has 1 atom stereocenters. The van der Waals surface area contributed by atoms with Crippen LogP contribution in [0.15, 0.2) is 130 Å². The zero-order valence-electron chi connectivity index (χ0n) is 29.2. The molecular formula is C42H59NO. The van der Waals surface area contributed by atoms with Gasteiger partial charge in [0.25, 0.3) is 0 Å². The second kappa shape index (κ2) is 16.3. The van der Waals surface area contributed by atoms with Gasteiger partial charge in [0.1, 0.15) is 0 Å². The average Bonchev–Trinajstić information content (AvgIpc) is 2.93. The first-order valence-corrected chi connectivity index (χ1v) is 16.7. The SMILES string of the molecule is CC1=C(/C=C/C(C)=C/C=C/C2=CC(/C=C(C)/C=C/C=C(C)/C=C/C3=C(C)CCCC3(C)C)N(CCO)C=C2)C(C)(C)CCC1. The molecule has 3 aliphatic rings. The van der Waals surface area contributed by atoms with Crippen LogP contribution in [0.1, 0.15) is 101 Å². The number of hydrogen-bond acceptors (Lipinski definition) is 2. The van der Waals surface area contributed by atoms with Gasteiger partial charge in [-0.25, -0.2) is 0 Å². The van der Waals surface area contributed by atoms with Gasteiger partial charge in [-0.3, -0.25) is 0 Å². The van der Waals surface area contributed by atoms with Crippen LogP contribution in [0.3, 0.4) is 0 Å². The van der Waals surface area contributed by atoms with E-state index >= 15 is 0 Å². The zero-order valence-corrected chi connectivity index (χ0v) is 29.2. The van der Waals surface area contributed by atoms with Gasteiger partial charge in [0.15, 0.2) is 0 Å². The minimum atomic E-state index is 0.0956. The Morgan fingerprint density at radius 3 is 1.86 bits per heavy atom. The van der Waals surface area contributed by atoms with E-state index in [1.807, 2.05) is 0 Å². The lowest BCUT2D eigenvalue weighted by molar-refractivity contribution is 0.229. The van der Waals surface area contributed by atoms with Crippen molar-refractivity contribution in [2.75, 3.05) is 13.2 Å². The van der Waals surface area contributed by atoms with E-state index in [2.05, 4.69) is 152 Å². The van der Waals surface area contributed by atoms with Gasteiger partial charge in [-0.15, -0.1) is 0 Å². The molecule has 0 bridgehead atoms. The summed E-state index contributed by atoms with van der Waals surface area (Å²) in [5, 5.41) is 9.65. The fourth-order valence-electron chi connectivity index (χ4n) is 6.77. The van der Waals surface area contributed by atoms with Gasteiger partial charge in [-0.1, -0.05) is 128 Å². The van der Waals surface area contributed by atoms with Crippen LogP contribution in [0.25, 0.3) is 0 Å². The van der Waals surface area contributed by atoms with E-state index in [1.54, 1.807) is 0 Å². The summed E-state index contributed by atoms with van der Waals surface area (Å²) < 4.78 is 0. The predicted octanol–water partition coefficient (Wildman–Crippen LogP) is 11.2. The summed E-state index contributed by atoms with van der Waals surface area (Å²) in [6.07, 6.45) is 38.5. The fraction of sp³-hybridized carbons (Fsp3) is 0.476. The summed E-state index contributed by atoms with van der Waals surface area (Å²) >= 11 is 0. The lowest BCUT2D eigenvalue weighted by Gasteiger charge is -2.33. The van der Waals surface area contributed by atoms with Gasteiger partial charge in [0, 0.05) is 12.7 Å². The molecule has 2 aliphatic carbocycles. The third-order valence-electron chi connectivity index (χ3n) is 9.47. The fourth-order valence-corrected chi connectivity index (χ4v) is 6.77. The molecule has 0 radical (unpaired) electrons. The monoisotopic (exact) mass is 593 g/mol. The summed E-state index contributed by atoms with van der Waals surface area (Å²) in [7, 11) is 0. The molecule has 0 aromatic heterocycles. The molecule has 2 nitrogen and oxygen atoms in total. The highest BCUT2D eigenvalue weighted by Gasteiger charge is 2.27. The maximum absolute atomic E-state index is 9.65. The second-order valence-electron chi connectivity index (χ2n) is 14.4. The summed E-state index contributed by atoms with van der Waals surface area (Å²) in [6.45, 7) is 21.3. The van der Waals surface area contributed by atoms with Crippen LogP contribution >= 0.6 is 0 Å². The van der Waals surface area contributed by atoms with Crippen molar-refractivity contribution in [3.05, 3.63) is 130 Å². The van der Waals surface area contributed by atoms with Gasteiger partial charge in [-0.2, -0.15) is 0 Å². The highest BCUT2D eigenvalue weighted by Crippen LogP contribution is 2.41. The molecule has 0 spiro atoms. The number of allylic oxidation sites excluding steroid dienone is 19.